The summed E-state index contributed by atoms with van der Waals surface area (Å²) in [7, 11) is 3.90. The van der Waals surface area contributed by atoms with Gasteiger partial charge in [0.05, 0.1) is 0 Å². The third kappa shape index (κ3) is 3.01. The Morgan fingerprint density at radius 2 is 1.83 bits per heavy atom. The predicted octanol–water partition coefficient (Wildman–Crippen LogP) is 3.56. The normalized spacial score (nSPS) is 10.6. The highest BCUT2D eigenvalue weighted by molar-refractivity contribution is 5.69. The lowest BCUT2D eigenvalue weighted by Gasteiger charge is -2.14. The molecular formula is C17H19N5O. The van der Waals surface area contributed by atoms with E-state index in [1.165, 1.54) is 0 Å². The summed E-state index contributed by atoms with van der Waals surface area (Å²) in [5.41, 5.74) is 3.76. The van der Waals surface area contributed by atoms with Crippen molar-refractivity contribution >= 4 is 17.7 Å². The molecule has 0 atom stereocenters. The van der Waals surface area contributed by atoms with E-state index in [2.05, 4.69) is 20.4 Å². The summed E-state index contributed by atoms with van der Waals surface area (Å²) in [6.07, 6.45) is 1.79. The van der Waals surface area contributed by atoms with Crippen molar-refractivity contribution in [1.82, 2.24) is 15.1 Å². The zero-order chi connectivity index (χ0) is 16.4. The fraction of sp³-hybridized carbons (Fsp3) is 0.235. The summed E-state index contributed by atoms with van der Waals surface area (Å²) in [6.45, 7) is 3.94. The van der Waals surface area contributed by atoms with Crippen molar-refractivity contribution < 1.29 is 4.52 Å². The van der Waals surface area contributed by atoms with Crippen LogP contribution in [0.4, 0.5) is 17.7 Å². The Balaban J connectivity index is 1.90. The molecule has 0 amide bonds. The third-order valence-electron chi connectivity index (χ3n) is 3.57. The highest BCUT2D eigenvalue weighted by atomic mass is 16.5. The van der Waals surface area contributed by atoms with Gasteiger partial charge in [0.15, 0.2) is 0 Å². The standard InChI is InChI=1S/C17H19N5O/c1-11-10-18-17(19-15(11)22(3)4)20-16-12(2)14(21-23-16)13-8-6-5-7-9-13/h5-10H,1-4H3,(H,18,19,20). The van der Waals surface area contributed by atoms with Crippen molar-refractivity contribution in [2.75, 3.05) is 24.3 Å². The number of nitrogens with one attached hydrogen (secondary N) is 1. The molecule has 0 spiro atoms. The van der Waals surface area contributed by atoms with Crippen LogP contribution >= 0.6 is 0 Å². The van der Waals surface area contributed by atoms with Crippen LogP contribution < -0.4 is 10.2 Å². The minimum Gasteiger partial charge on any atom is -0.362 e. The maximum absolute atomic E-state index is 5.43. The summed E-state index contributed by atoms with van der Waals surface area (Å²) in [5, 5.41) is 7.26. The molecule has 6 nitrogen and oxygen atoms in total. The summed E-state index contributed by atoms with van der Waals surface area (Å²) in [5.74, 6) is 1.90. The van der Waals surface area contributed by atoms with Crippen LogP contribution in [0.2, 0.25) is 0 Å². The lowest BCUT2D eigenvalue weighted by Crippen LogP contribution is -2.13. The van der Waals surface area contributed by atoms with Gasteiger partial charge in [0.1, 0.15) is 11.5 Å². The Kier molecular flexibility index (Phi) is 3.97. The van der Waals surface area contributed by atoms with Crippen molar-refractivity contribution in [3.63, 3.8) is 0 Å². The molecule has 0 radical (unpaired) electrons. The van der Waals surface area contributed by atoms with Gasteiger partial charge in [-0.15, -0.1) is 0 Å². The maximum Gasteiger partial charge on any atom is 0.234 e. The van der Waals surface area contributed by atoms with E-state index >= 15 is 0 Å². The van der Waals surface area contributed by atoms with Crippen LogP contribution in [0, 0.1) is 13.8 Å². The van der Waals surface area contributed by atoms with E-state index in [1.807, 2.05) is 63.2 Å². The number of rotatable bonds is 4. The summed E-state index contributed by atoms with van der Waals surface area (Å²) in [4.78, 5) is 10.8. The molecule has 2 heterocycles. The van der Waals surface area contributed by atoms with Crippen LogP contribution in [-0.4, -0.2) is 29.2 Å². The summed E-state index contributed by atoms with van der Waals surface area (Å²) >= 11 is 0. The van der Waals surface area contributed by atoms with E-state index in [0.29, 0.717) is 11.8 Å². The smallest absolute Gasteiger partial charge is 0.234 e. The van der Waals surface area contributed by atoms with Crippen molar-refractivity contribution in [3.05, 3.63) is 47.7 Å². The first-order chi connectivity index (χ1) is 11.1. The zero-order valence-corrected chi connectivity index (χ0v) is 13.7. The SMILES string of the molecule is Cc1cnc(Nc2onc(-c3ccccc3)c2C)nc1N(C)C. The fourth-order valence-electron chi connectivity index (χ4n) is 2.37. The van der Waals surface area contributed by atoms with Crippen LogP contribution in [0.5, 0.6) is 0 Å². The molecule has 3 rings (SSSR count). The van der Waals surface area contributed by atoms with Gasteiger partial charge in [-0.1, -0.05) is 35.5 Å². The minimum absolute atomic E-state index is 0.484. The molecule has 0 fully saturated rings. The maximum atomic E-state index is 5.43. The molecule has 3 aromatic rings. The van der Waals surface area contributed by atoms with Crippen LogP contribution in [0.3, 0.4) is 0 Å². The van der Waals surface area contributed by atoms with Gasteiger partial charge in [-0.2, -0.15) is 4.98 Å². The summed E-state index contributed by atoms with van der Waals surface area (Å²) < 4.78 is 5.43. The molecule has 2 aromatic heterocycles. The average molecular weight is 309 g/mol. The van der Waals surface area contributed by atoms with Crippen LogP contribution in [0.25, 0.3) is 11.3 Å². The van der Waals surface area contributed by atoms with Crippen LogP contribution in [0.1, 0.15) is 11.1 Å². The molecule has 0 bridgehead atoms. The Hall–Kier alpha value is -2.89. The second-order valence-corrected chi connectivity index (χ2v) is 5.57. The van der Waals surface area contributed by atoms with Gasteiger partial charge in [0, 0.05) is 37.0 Å². The number of benzene rings is 1. The first-order valence-electron chi connectivity index (χ1n) is 7.36. The Labute approximate surface area is 135 Å². The quantitative estimate of drug-likeness (QED) is 0.795. The topological polar surface area (TPSA) is 67.1 Å². The lowest BCUT2D eigenvalue weighted by molar-refractivity contribution is 0.437. The van der Waals surface area contributed by atoms with Crippen molar-refractivity contribution in [2.45, 2.75) is 13.8 Å². The molecule has 1 aromatic carbocycles. The largest absolute Gasteiger partial charge is 0.362 e. The number of aromatic nitrogens is 3. The third-order valence-corrected chi connectivity index (χ3v) is 3.57. The first-order valence-corrected chi connectivity index (χ1v) is 7.36. The van der Waals surface area contributed by atoms with Crippen molar-refractivity contribution in [1.29, 1.82) is 0 Å². The number of anilines is 3. The molecule has 0 aliphatic rings. The molecule has 0 saturated heterocycles. The van der Waals surface area contributed by atoms with Gasteiger partial charge in [0.2, 0.25) is 11.8 Å². The molecular weight excluding hydrogens is 290 g/mol. The number of hydrogen-bond acceptors (Lipinski definition) is 6. The molecule has 118 valence electrons. The Bertz CT molecular complexity index is 811. The molecule has 23 heavy (non-hydrogen) atoms. The van der Waals surface area contributed by atoms with Gasteiger partial charge in [-0.05, 0) is 13.8 Å². The van der Waals surface area contributed by atoms with E-state index < -0.39 is 0 Å². The van der Waals surface area contributed by atoms with Crippen LogP contribution in [0.15, 0.2) is 41.1 Å². The Morgan fingerprint density at radius 1 is 1.09 bits per heavy atom. The molecule has 0 aliphatic carbocycles. The molecule has 0 unspecified atom stereocenters. The second-order valence-electron chi connectivity index (χ2n) is 5.57. The van der Waals surface area contributed by atoms with Gasteiger partial charge >= 0.3 is 0 Å². The molecule has 6 heteroatoms. The van der Waals surface area contributed by atoms with Gasteiger partial charge in [-0.3, -0.25) is 5.32 Å². The summed E-state index contributed by atoms with van der Waals surface area (Å²) in [6, 6.07) is 9.93. The lowest BCUT2D eigenvalue weighted by atomic mass is 10.1. The Morgan fingerprint density at radius 3 is 2.52 bits per heavy atom. The molecule has 1 N–H and O–H groups in total. The molecule has 0 saturated carbocycles. The van der Waals surface area contributed by atoms with Crippen LogP contribution in [-0.2, 0) is 0 Å². The zero-order valence-electron chi connectivity index (χ0n) is 13.7. The number of aryl methyl sites for hydroxylation is 1. The highest BCUT2D eigenvalue weighted by Crippen LogP contribution is 2.29. The number of nitrogens with zero attached hydrogens (tertiary/aromatic N) is 4. The van der Waals surface area contributed by atoms with Gasteiger partial charge in [-0.25, -0.2) is 4.98 Å². The van der Waals surface area contributed by atoms with Crippen molar-refractivity contribution in [2.24, 2.45) is 0 Å². The fourth-order valence-corrected chi connectivity index (χ4v) is 2.37. The van der Waals surface area contributed by atoms with E-state index in [0.717, 1.165) is 28.2 Å². The molecule has 0 aliphatic heterocycles. The second kappa shape index (κ2) is 6.08. The van der Waals surface area contributed by atoms with Gasteiger partial charge < -0.3 is 9.42 Å². The number of hydrogen-bond donors (Lipinski definition) is 1. The van der Waals surface area contributed by atoms with E-state index in [9.17, 15) is 0 Å². The van der Waals surface area contributed by atoms with Gasteiger partial charge in [0.25, 0.3) is 0 Å². The first kappa shape index (κ1) is 15.0. The predicted molar refractivity (Wildman–Crippen MR) is 91.1 cm³/mol. The average Bonchev–Trinajstić information content (AvgIpc) is 2.91. The van der Waals surface area contributed by atoms with E-state index in [4.69, 9.17) is 4.52 Å². The van der Waals surface area contributed by atoms with E-state index in [-0.39, 0.29) is 0 Å². The minimum atomic E-state index is 0.484. The van der Waals surface area contributed by atoms with Crippen molar-refractivity contribution in [3.8, 4) is 11.3 Å². The van der Waals surface area contributed by atoms with E-state index in [1.54, 1.807) is 6.20 Å². The highest BCUT2D eigenvalue weighted by Gasteiger charge is 2.15. The monoisotopic (exact) mass is 309 g/mol.